The van der Waals surface area contributed by atoms with E-state index >= 15 is 0 Å². The smallest absolute Gasteiger partial charge is 0.247 e. The quantitative estimate of drug-likeness (QED) is 0.0902. The van der Waals surface area contributed by atoms with E-state index in [9.17, 15) is 28.4 Å². The molecule has 0 aliphatic heterocycles. The van der Waals surface area contributed by atoms with Crippen LogP contribution in [0.3, 0.4) is 0 Å². The zero-order chi connectivity index (χ0) is 46.3. The van der Waals surface area contributed by atoms with E-state index in [0.717, 1.165) is 18.3 Å². The Morgan fingerprint density at radius 1 is 0.661 bits per heavy atom. The van der Waals surface area contributed by atoms with Crippen LogP contribution in [0.5, 0.6) is 23.3 Å². The number of aryl methyl sites for hydroxylation is 1. The second kappa shape index (κ2) is 26.0. The molecule has 3 heterocycles. The van der Waals surface area contributed by atoms with Crippen LogP contribution in [0.2, 0.25) is 15.1 Å². The number of carbonyl (C=O) groups excluding carboxylic acids is 4. The molecule has 62 heavy (non-hydrogen) atoms. The predicted molar refractivity (Wildman–Crippen MR) is 240 cm³/mol. The number of ether oxygens (including phenoxy) is 2. The van der Waals surface area contributed by atoms with Crippen LogP contribution in [0.15, 0.2) is 133 Å². The van der Waals surface area contributed by atoms with Crippen molar-refractivity contribution in [3.8, 4) is 23.3 Å². The van der Waals surface area contributed by atoms with Gasteiger partial charge in [0.2, 0.25) is 29.1 Å². The van der Waals surface area contributed by atoms with Gasteiger partial charge in [-0.3, -0.25) is 24.0 Å². The van der Waals surface area contributed by atoms with Gasteiger partial charge in [-0.05, 0) is 111 Å². The highest BCUT2D eigenvalue weighted by Gasteiger charge is 2.24. The summed E-state index contributed by atoms with van der Waals surface area (Å²) < 4.78 is 23.2. The fourth-order valence-electron chi connectivity index (χ4n) is 3.94. The van der Waals surface area contributed by atoms with Gasteiger partial charge in [0.05, 0.1) is 20.6 Å². The average Bonchev–Trinajstić information content (AvgIpc) is 3.24. The molecule has 6 aromatic rings. The topological polar surface area (TPSA) is 223 Å². The van der Waals surface area contributed by atoms with Crippen molar-refractivity contribution in [2.75, 3.05) is 0 Å². The number of pyridine rings is 3. The third-order valence-electron chi connectivity index (χ3n) is 7.88. The number of nitrogens with zero attached hydrogens (tertiary/aromatic N) is 2. The van der Waals surface area contributed by atoms with Gasteiger partial charge in [-0.1, -0.05) is 60.8 Å². The van der Waals surface area contributed by atoms with Gasteiger partial charge < -0.3 is 31.7 Å². The molecule has 0 bridgehead atoms. The van der Waals surface area contributed by atoms with E-state index in [1.807, 2.05) is 38.1 Å². The van der Waals surface area contributed by atoms with E-state index in [-0.39, 0.29) is 17.3 Å². The lowest BCUT2D eigenvalue weighted by Crippen LogP contribution is -2.46. The number of carbonyl (C=O) groups is 4. The number of nitrogens with two attached hydrogens (primary N) is 3. The number of primary amides is 2. The van der Waals surface area contributed by atoms with Gasteiger partial charge in [0, 0.05) is 53.3 Å². The summed E-state index contributed by atoms with van der Waals surface area (Å²) in [6.07, 6.45) is 7.46. The molecule has 0 saturated carbocycles. The number of nitrogens with one attached hydrogen (secondary N) is 1. The summed E-state index contributed by atoms with van der Waals surface area (Å²) in [5.41, 5.74) is 16.1. The lowest BCUT2D eigenvalue weighted by atomic mass is 9.85. The van der Waals surface area contributed by atoms with E-state index in [1.54, 1.807) is 68.4 Å². The minimum Gasteiger partial charge on any atom is -0.439 e. The molecule has 7 N–H and O–H groups in total. The second-order valence-corrected chi connectivity index (χ2v) is 15.3. The third-order valence-corrected chi connectivity index (χ3v) is 8.56. The van der Waals surface area contributed by atoms with Crippen molar-refractivity contribution in [1.29, 1.82) is 0 Å². The monoisotopic (exact) mass is 906 g/mol. The fourth-order valence-corrected chi connectivity index (χ4v) is 4.28. The first-order valence-corrected chi connectivity index (χ1v) is 19.5. The van der Waals surface area contributed by atoms with Gasteiger partial charge in [0.25, 0.3) is 0 Å². The van der Waals surface area contributed by atoms with Gasteiger partial charge in [-0.25, -0.2) is 14.4 Å². The molecule has 0 aliphatic carbocycles. The predicted octanol–water partition coefficient (Wildman–Crippen LogP) is 9.19. The molecular formula is C45H46Cl3FN6O7. The van der Waals surface area contributed by atoms with Gasteiger partial charge in [0.15, 0.2) is 0 Å². The normalized spacial score (nSPS) is 10.3. The number of hydrogen-bond donors (Lipinski definition) is 4. The minimum absolute atomic E-state index is 0.130. The van der Waals surface area contributed by atoms with Gasteiger partial charge >= 0.3 is 0 Å². The van der Waals surface area contributed by atoms with Crippen LogP contribution in [-0.4, -0.2) is 44.9 Å². The molecule has 0 spiro atoms. The summed E-state index contributed by atoms with van der Waals surface area (Å²) in [4.78, 5) is 62.7. The first kappa shape index (κ1) is 51.7. The Hall–Kier alpha value is -6.45. The average molecular weight is 908 g/mol. The lowest BCUT2D eigenvalue weighted by molar-refractivity contribution is -0.126. The molecule has 17 heteroatoms. The van der Waals surface area contributed by atoms with E-state index in [2.05, 4.69) is 15.0 Å². The Balaban J connectivity index is 0.000000288. The van der Waals surface area contributed by atoms with Crippen molar-refractivity contribution in [3.05, 3.63) is 176 Å². The first-order valence-electron chi connectivity index (χ1n) is 18.4. The molecule has 0 atom stereocenters. The highest BCUT2D eigenvalue weighted by atomic mass is 35.5. The van der Waals surface area contributed by atoms with Gasteiger partial charge in [-0.15, -0.1) is 0 Å². The molecule has 0 radical (unpaired) electrons. The van der Waals surface area contributed by atoms with Crippen molar-refractivity contribution in [1.82, 2.24) is 15.0 Å². The van der Waals surface area contributed by atoms with Crippen molar-refractivity contribution < 1.29 is 33.0 Å². The molecule has 13 nitrogen and oxygen atoms in total. The molecule has 2 amide bonds. The summed E-state index contributed by atoms with van der Waals surface area (Å²) in [5.74, 6) is 1.21. The van der Waals surface area contributed by atoms with Crippen LogP contribution >= 0.6 is 34.8 Å². The fraction of sp³-hybridized carbons (Fsp3) is 0.178. The van der Waals surface area contributed by atoms with E-state index < -0.39 is 16.9 Å². The number of benzene rings is 3. The SMILES string of the molecule is CC(C)(CCc1ccc(Oc2ccc(Cl)cn2)cc1)C(N)=O.CC(C)(N)C(N)=O.O=Cc1ccc(F)cc1.O=Cc1ccc(Oc2ccc(Cl)cn2)cc1.O=c1ccc(Cl)c[nH]1. The van der Waals surface area contributed by atoms with E-state index in [4.69, 9.17) is 61.5 Å². The van der Waals surface area contributed by atoms with Crippen molar-refractivity contribution in [2.45, 2.75) is 46.1 Å². The molecule has 6 rings (SSSR count). The summed E-state index contributed by atoms with van der Waals surface area (Å²) in [5, 5.41) is 1.67. The van der Waals surface area contributed by atoms with Crippen LogP contribution < -0.4 is 32.2 Å². The maximum Gasteiger partial charge on any atom is 0.247 e. The number of hydrogen-bond acceptors (Lipinski definition) is 10. The van der Waals surface area contributed by atoms with Gasteiger partial charge in [-0.2, -0.15) is 0 Å². The molecule has 3 aromatic carbocycles. The number of halogens is 4. The summed E-state index contributed by atoms with van der Waals surface area (Å²) in [7, 11) is 0. The number of aromatic nitrogens is 3. The van der Waals surface area contributed by atoms with Crippen molar-refractivity contribution in [3.63, 3.8) is 0 Å². The van der Waals surface area contributed by atoms with Crippen molar-refractivity contribution in [2.24, 2.45) is 22.6 Å². The maximum atomic E-state index is 12.1. The number of aromatic amines is 1. The largest absolute Gasteiger partial charge is 0.439 e. The number of rotatable bonds is 11. The standard InChI is InChI=1S/C17H19ClN2O2.C12H8ClNO2.C7H5FO.C5H4ClNO.C4H10N2O/c1-17(2,16(19)21)10-9-12-3-6-14(7-4-12)22-15-8-5-13(18)11-20-15;13-10-3-6-12(14-7-10)16-11-4-1-9(8-15)2-5-11;8-7-3-1-6(5-9)2-4-7;6-4-1-2-5(8)7-3-4;1-4(2,6)3(5)7/h3-8,11H,9-10H2,1-2H3,(H2,19,21);1-8H;1-5H;1-3H,(H,7,8);6H2,1-2H3,(H2,5,7). The molecule has 0 aliphatic rings. The van der Waals surface area contributed by atoms with Crippen LogP contribution in [0, 0.1) is 11.2 Å². The van der Waals surface area contributed by atoms with E-state index in [0.29, 0.717) is 62.2 Å². The molecule has 3 aromatic heterocycles. The number of aldehydes is 2. The minimum atomic E-state index is -0.861. The Labute approximate surface area is 373 Å². The maximum absolute atomic E-state index is 12.1. The summed E-state index contributed by atoms with van der Waals surface area (Å²) in [6.45, 7) is 6.85. The zero-order valence-electron chi connectivity index (χ0n) is 34.2. The van der Waals surface area contributed by atoms with E-state index in [1.165, 1.54) is 48.9 Å². The third kappa shape index (κ3) is 21.2. The second-order valence-electron chi connectivity index (χ2n) is 14.0. The van der Waals surface area contributed by atoms with Crippen LogP contribution in [0.4, 0.5) is 4.39 Å². The Kier molecular flexibility index (Phi) is 21.7. The van der Waals surface area contributed by atoms with Crippen molar-refractivity contribution >= 4 is 59.2 Å². The summed E-state index contributed by atoms with van der Waals surface area (Å²) in [6, 6.07) is 29.6. The molecule has 326 valence electrons. The zero-order valence-corrected chi connectivity index (χ0v) is 36.5. The number of H-pyrrole nitrogens is 1. The summed E-state index contributed by atoms with van der Waals surface area (Å²) >= 11 is 16.9. The van der Waals surface area contributed by atoms with Crippen LogP contribution in [0.25, 0.3) is 0 Å². The number of amides is 2. The first-order chi connectivity index (χ1) is 29.2. The van der Waals surface area contributed by atoms with Crippen LogP contribution in [-0.2, 0) is 16.0 Å². The highest BCUT2D eigenvalue weighted by Crippen LogP contribution is 2.25. The van der Waals surface area contributed by atoms with Gasteiger partial charge in [0.1, 0.15) is 29.9 Å². The lowest BCUT2D eigenvalue weighted by Gasteiger charge is -2.20. The molecular weight excluding hydrogens is 862 g/mol. The Morgan fingerprint density at radius 2 is 1.08 bits per heavy atom. The Morgan fingerprint density at radius 3 is 1.42 bits per heavy atom. The highest BCUT2D eigenvalue weighted by molar-refractivity contribution is 6.31. The van der Waals surface area contributed by atoms with Crippen LogP contribution in [0.1, 0.15) is 60.4 Å². The Bertz CT molecular complexity index is 2340. The molecule has 0 saturated heterocycles. The molecule has 0 fully saturated rings. The molecule has 0 unspecified atom stereocenters.